The van der Waals surface area contributed by atoms with Crippen LogP contribution in [-0.4, -0.2) is 6.61 Å². The van der Waals surface area contributed by atoms with Crippen LogP contribution in [0.25, 0.3) is 0 Å². The lowest BCUT2D eigenvalue weighted by Gasteiger charge is -2.10. The quantitative estimate of drug-likeness (QED) is 0.723. The zero-order valence-electron chi connectivity index (χ0n) is 10.4. The second-order valence-corrected chi connectivity index (χ2v) is 4.59. The molecule has 0 N–H and O–H groups in total. The number of hydrogen-bond donors (Lipinski definition) is 0. The molecule has 0 aliphatic rings. The Morgan fingerprint density at radius 2 is 1.89 bits per heavy atom. The van der Waals surface area contributed by atoms with E-state index >= 15 is 0 Å². The Labute approximate surface area is 117 Å². The van der Waals surface area contributed by atoms with Crippen LogP contribution in [0.15, 0.2) is 55.1 Å². The summed E-state index contributed by atoms with van der Waals surface area (Å²) in [5, 5.41) is 0.686. The fraction of sp³-hybridized carbons (Fsp3) is 0.125. The summed E-state index contributed by atoms with van der Waals surface area (Å²) in [6.45, 7) is 4.00. The molecule has 0 saturated heterocycles. The standard InChI is InChI=1S/C16H14ClFO/c1-2-9-19-16-8-7-15(18)11-13(16)10-12-3-5-14(17)6-4-12/h2-8,11H,1,9-10H2. The molecule has 2 rings (SSSR count). The van der Waals surface area contributed by atoms with Crippen LogP contribution in [0.4, 0.5) is 4.39 Å². The van der Waals surface area contributed by atoms with Crippen molar-refractivity contribution in [1.29, 1.82) is 0 Å². The molecule has 0 aliphatic carbocycles. The molecule has 19 heavy (non-hydrogen) atoms. The number of benzene rings is 2. The molecule has 0 aliphatic heterocycles. The Balaban J connectivity index is 2.24. The van der Waals surface area contributed by atoms with E-state index in [1.807, 2.05) is 24.3 Å². The average molecular weight is 277 g/mol. The molecule has 3 heteroatoms. The molecule has 0 amide bonds. The number of halogens is 2. The van der Waals surface area contributed by atoms with Crippen molar-refractivity contribution in [3.63, 3.8) is 0 Å². The third kappa shape index (κ3) is 3.83. The second-order valence-electron chi connectivity index (χ2n) is 4.15. The molecular weight excluding hydrogens is 263 g/mol. The number of rotatable bonds is 5. The van der Waals surface area contributed by atoms with Crippen LogP contribution in [0.3, 0.4) is 0 Å². The van der Waals surface area contributed by atoms with Gasteiger partial charge in [0.2, 0.25) is 0 Å². The normalized spacial score (nSPS) is 10.2. The lowest BCUT2D eigenvalue weighted by atomic mass is 10.0. The third-order valence-corrected chi connectivity index (χ3v) is 2.94. The van der Waals surface area contributed by atoms with E-state index in [2.05, 4.69) is 6.58 Å². The molecule has 0 spiro atoms. The Bertz CT molecular complexity index is 563. The maximum absolute atomic E-state index is 13.3. The Kier molecular flexibility index (Phi) is 4.58. The van der Waals surface area contributed by atoms with E-state index < -0.39 is 0 Å². The summed E-state index contributed by atoms with van der Waals surface area (Å²) in [6, 6.07) is 12.0. The first-order valence-electron chi connectivity index (χ1n) is 5.95. The van der Waals surface area contributed by atoms with Crippen LogP contribution in [0.5, 0.6) is 5.75 Å². The number of hydrogen-bond acceptors (Lipinski definition) is 1. The second kappa shape index (κ2) is 6.39. The molecule has 0 bridgehead atoms. The fourth-order valence-corrected chi connectivity index (χ4v) is 1.92. The first-order chi connectivity index (χ1) is 9.19. The first-order valence-corrected chi connectivity index (χ1v) is 6.33. The van der Waals surface area contributed by atoms with Gasteiger partial charge < -0.3 is 4.74 Å². The topological polar surface area (TPSA) is 9.23 Å². The molecule has 98 valence electrons. The number of ether oxygens (including phenoxy) is 1. The molecule has 2 aromatic rings. The highest BCUT2D eigenvalue weighted by atomic mass is 35.5. The fourth-order valence-electron chi connectivity index (χ4n) is 1.80. The molecule has 1 nitrogen and oxygen atoms in total. The molecule has 0 radical (unpaired) electrons. The van der Waals surface area contributed by atoms with Crippen molar-refractivity contribution < 1.29 is 9.13 Å². The predicted molar refractivity (Wildman–Crippen MR) is 76.4 cm³/mol. The van der Waals surface area contributed by atoms with Crippen molar-refractivity contribution in [3.05, 3.63) is 77.1 Å². The van der Waals surface area contributed by atoms with Crippen molar-refractivity contribution in [2.75, 3.05) is 6.61 Å². The van der Waals surface area contributed by atoms with Crippen LogP contribution in [0, 0.1) is 5.82 Å². The third-order valence-electron chi connectivity index (χ3n) is 2.69. The Hall–Kier alpha value is -1.80. The minimum absolute atomic E-state index is 0.269. The van der Waals surface area contributed by atoms with Gasteiger partial charge in [-0.05, 0) is 35.9 Å². The van der Waals surface area contributed by atoms with Gasteiger partial charge in [0.05, 0.1) is 0 Å². The monoisotopic (exact) mass is 276 g/mol. The molecule has 0 aromatic heterocycles. The molecule has 0 unspecified atom stereocenters. The van der Waals surface area contributed by atoms with E-state index in [-0.39, 0.29) is 5.82 Å². The van der Waals surface area contributed by atoms with Gasteiger partial charge in [0.1, 0.15) is 18.2 Å². The summed E-state index contributed by atoms with van der Waals surface area (Å²) in [5.41, 5.74) is 1.86. The SMILES string of the molecule is C=CCOc1ccc(F)cc1Cc1ccc(Cl)cc1. The Morgan fingerprint density at radius 1 is 1.16 bits per heavy atom. The molecule has 2 aromatic carbocycles. The van der Waals surface area contributed by atoms with Gasteiger partial charge in [-0.15, -0.1) is 0 Å². The van der Waals surface area contributed by atoms with Gasteiger partial charge in [0, 0.05) is 17.0 Å². The van der Waals surface area contributed by atoms with E-state index in [4.69, 9.17) is 16.3 Å². The van der Waals surface area contributed by atoms with E-state index in [1.54, 1.807) is 12.1 Å². The van der Waals surface area contributed by atoms with Gasteiger partial charge in [-0.25, -0.2) is 4.39 Å². The highest BCUT2D eigenvalue weighted by Crippen LogP contribution is 2.23. The summed E-state index contributed by atoms with van der Waals surface area (Å²) in [7, 11) is 0. The summed E-state index contributed by atoms with van der Waals surface area (Å²) < 4.78 is 18.9. The van der Waals surface area contributed by atoms with Crippen molar-refractivity contribution in [2.45, 2.75) is 6.42 Å². The Morgan fingerprint density at radius 3 is 2.58 bits per heavy atom. The van der Waals surface area contributed by atoms with Gasteiger partial charge in [-0.1, -0.05) is 36.4 Å². The zero-order valence-corrected chi connectivity index (χ0v) is 11.2. The predicted octanol–water partition coefficient (Wildman–Crippen LogP) is 4.63. The highest BCUT2D eigenvalue weighted by molar-refractivity contribution is 6.30. The van der Waals surface area contributed by atoms with Gasteiger partial charge in [0.25, 0.3) is 0 Å². The molecular formula is C16H14ClFO. The maximum atomic E-state index is 13.3. The smallest absolute Gasteiger partial charge is 0.123 e. The van der Waals surface area contributed by atoms with Crippen LogP contribution < -0.4 is 4.74 Å². The van der Waals surface area contributed by atoms with E-state index in [1.165, 1.54) is 12.1 Å². The summed E-state index contributed by atoms with van der Waals surface area (Å²) in [6.07, 6.45) is 2.26. The largest absolute Gasteiger partial charge is 0.489 e. The van der Waals surface area contributed by atoms with E-state index in [0.717, 1.165) is 11.1 Å². The van der Waals surface area contributed by atoms with Crippen molar-refractivity contribution in [2.24, 2.45) is 0 Å². The molecule has 0 atom stereocenters. The average Bonchev–Trinajstić information content (AvgIpc) is 2.40. The van der Waals surface area contributed by atoms with Crippen molar-refractivity contribution in [1.82, 2.24) is 0 Å². The van der Waals surface area contributed by atoms with E-state index in [0.29, 0.717) is 23.8 Å². The maximum Gasteiger partial charge on any atom is 0.123 e. The minimum atomic E-state index is -0.269. The first kappa shape index (κ1) is 13.6. The van der Waals surface area contributed by atoms with Crippen LogP contribution >= 0.6 is 11.6 Å². The summed E-state index contributed by atoms with van der Waals surface area (Å²) >= 11 is 5.84. The van der Waals surface area contributed by atoms with E-state index in [9.17, 15) is 4.39 Å². The molecule has 0 saturated carbocycles. The highest BCUT2D eigenvalue weighted by Gasteiger charge is 2.06. The van der Waals surface area contributed by atoms with Gasteiger partial charge in [-0.2, -0.15) is 0 Å². The zero-order chi connectivity index (χ0) is 13.7. The summed E-state index contributed by atoms with van der Waals surface area (Å²) in [5.74, 6) is 0.408. The molecule has 0 heterocycles. The molecule has 0 fully saturated rings. The van der Waals surface area contributed by atoms with Crippen LogP contribution in [0.2, 0.25) is 5.02 Å². The van der Waals surface area contributed by atoms with Gasteiger partial charge in [0.15, 0.2) is 0 Å². The van der Waals surface area contributed by atoms with Crippen LogP contribution in [0.1, 0.15) is 11.1 Å². The van der Waals surface area contributed by atoms with Gasteiger partial charge in [-0.3, -0.25) is 0 Å². The summed E-state index contributed by atoms with van der Waals surface area (Å²) in [4.78, 5) is 0. The lowest BCUT2D eigenvalue weighted by molar-refractivity contribution is 0.359. The van der Waals surface area contributed by atoms with Gasteiger partial charge >= 0.3 is 0 Å². The van der Waals surface area contributed by atoms with Crippen molar-refractivity contribution in [3.8, 4) is 5.75 Å². The lowest BCUT2D eigenvalue weighted by Crippen LogP contribution is -1.99. The minimum Gasteiger partial charge on any atom is -0.489 e. The van der Waals surface area contributed by atoms with Crippen LogP contribution in [-0.2, 0) is 6.42 Å². The van der Waals surface area contributed by atoms with Crippen molar-refractivity contribution >= 4 is 11.6 Å².